The zero-order valence-corrected chi connectivity index (χ0v) is 13.5. The lowest BCUT2D eigenvalue weighted by molar-refractivity contribution is 0.511. The summed E-state index contributed by atoms with van der Waals surface area (Å²) in [5.41, 5.74) is 1.06. The standard InChI is InChI=1S/C18H27N3/c1-13-9-7-8-12-15(13)17-19-16(20-18(2,3)21-17)14-10-5-4-6-11-14/h4-5,12-14H,6-11H2,1-3H3,(H,19,20,21). The van der Waals surface area contributed by atoms with Gasteiger partial charge in [0.25, 0.3) is 0 Å². The number of amidine groups is 2. The van der Waals surface area contributed by atoms with Gasteiger partial charge in [0, 0.05) is 5.92 Å². The highest BCUT2D eigenvalue weighted by molar-refractivity contribution is 6.11. The van der Waals surface area contributed by atoms with Crippen LogP contribution in [0.25, 0.3) is 0 Å². The maximum absolute atomic E-state index is 4.87. The number of hydrogen-bond donors (Lipinski definition) is 1. The second-order valence-electron chi connectivity index (χ2n) is 7.05. The fraction of sp³-hybridized carbons (Fsp3) is 0.667. The van der Waals surface area contributed by atoms with Crippen molar-refractivity contribution in [1.82, 2.24) is 5.32 Å². The first-order valence-electron chi connectivity index (χ1n) is 8.37. The van der Waals surface area contributed by atoms with Gasteiger partial charge < -0.3 is 5.32 Å². The van der Waals surface area contributed by atoms with Crippen LogP contribution >= 0.6 is 0 Å². The monoisotopic (exact) mass is 285 g/mol. The molecule has 0 aromatic carbocycles. The van der Waals surface area contributed by atoms with Gasteiger partial charge >= 0.3 is 0 Å². The molecule has 3 heteroatoms. The first-order valence-corrected chi connectivity index (χ1v) is 8.37. The average molecular weight is 285 g/mol. The van der Waals surface area contributed by atoms with Gasteiger partial charge in [-0.3, -0.25) is 0 Å². The normalized spacial score (nSPS) is 31.9. The van der Waals surface area contributed by atoms with E-state index >= 15 is 0 Å². The Labute approximate surface area is 128 Å². The molecule has 1 N–H and O–H groups in total. The minimum atomic E-state index is -0.338. The highest BCUT2D eigenvalue weighted by Crippen LogP contribution is 2.29. The van der Waals surface area contributed by atoms with Gasteiger partial charge in [0.05, 0.1) is 0 Å². The van der Waals surface area contributed by atoms with Crippen LogP contribution in [0.2, 0.25) is 0 Å². The zero-order chi connectivity index (χ0) is 14.9. The molecule has 0 aromatic rings. The third kappa shape index (κ3) is 3.28. The van der Waals surface area contributed by atoms with E-state index in [2.05, 4.69) is 44.3 Å². The Hall–Kier alpha value is -1.38. The van der Waals surface area contributed by atoms with E-state index in [0.29, 0.717) is 11.8 Å². The third-order valence-corrected chi connectivity index (χ3v) is 4.69. The van der Waals surface area contributed by atoms with Crippen LogP contribution in [-0.4, -0.2) is 17.3 Å². The van der Waals surface area contributed by atoms with E-state index in [9.17, 15) is 0 Å². The van der Waals surface area contributed by atoms with Crippen molar-refractivity contribution in [2.24, 2.45) is 21.8 Å². The van der Waals surface area contributed by atoms with Gasteiger partial charge in [-0.2, -0.15) is 0 Å². The van der Waals surface area contributed by atoms with Crippen LogP contribution in [0.4, 0.5) is 0 Å². The molecule has 0 saturated heterocycles. The summed E-state index contributed by atoms with van der Waals surface area (Å²) in [5.74, 6) is 3.35. The summed E-state index contributed by atoms with van der Waals surface area (Å²) in [7, 11) is 0. The Morgan fingerprint density at radius 3 is 2.71 bits per heavy atom. The van der Waals surface area contributed by atoms with Crippen LogP contribution in [-0.2, 0) is 0 Å². The van der Waals surface area contributed by atoms with Gasteiger partial charge in [0.15, 0.2) is 0 Å². The molecule has 0 fully saturated rings. The number of nitrogens with zero attached hydrogens (tertiary/aromatic N) is 2. The van der Waals surface area contributed by atoms with E-state index in [1.807, 2.05) is 0 Å². The molecule has 0 amide bonds. The molecule has 3 nitrogen and oxygen atoms in total. The molecule has 21 heavy (non-hydrogen) atoms. The molecule has 0 aromatic heterocycles. The quantitative estimate of drug-likeness (QED) is 0.757. The number of allylic oxidation sites excluding steroid dienone is 3. The van der Waals surface area contributed by atoms with Crippen molar-refractivity contribution in [2.45, 2.75) is 65.0 Å². The predicted octanol–water partition coefficient (Wildman–Crippen LogP) is 4.23. The van der Waals surface area contributed by atoms with Gasteiger partial charge in [0.1, 0.15) is 17.3 Å². The SMILES string of the molecule is CC1CCCC=C1C1=NC(C)(C)N=C(C2CC=CCC2)N1. The lowest BCUT2D eigenvalue weighted by Gasteiger charge is -2.33. The van der Waals surface area contributed by atoms with Crippen molar-refractivity contribution in [3.8, 4) is 0 Å². The summed E-state index contributed by atoms with van der Waals surface area (Å²) in [4.78, 5) is 9.73. The molecular formula is C18H27N3. The van der Waals surface area contributed by atoms with Gasteiger partial charge in [-0.05, 0) is 63.9 Å². The van der Waals surface area contributed by atoms with Crippen molar-refractivity contribution in [3.05, 3.63) is 23.8 Å². The Balaban J connectivity index is 1.85. The molecule has 0 spiro atoms. The molecular weight excluding hydrogens is 258 g/mol. The molecule has 2 aliphatic carbocycles. The molecule has 114 valence electrons. The maximum atomic E-state index is 4.87. The Kier molecular flexibility index (Phi) is 4.01. The van der Waals surface area contributed by atoms with E-state index < -0.39 is 0 Å². The fourth-order valence-electron chi connectivity index (χ4n) is 3.51. The average Bonchev–Trinajstić information content (AvgIpc) is 2.47. The molecule has 0 saturated carbocycles. The smallest absolute Gasteiger partial charge is 0.148 e. The van der Waals surface area contributed by atoms with E-state index in [4.69, 9.17) is 9.98 Å². The van der Waals surface area contributed by atoms with Gasteiger partial charge in [0.2, 0.25) is 0 Å². The minimum Gasteiger partial charge on any atom is -0.328 e. The highest BCUT2D eigenvalue weighted by Gasteiger charge is 2.30. The molecule has 0 radical (unpaired) electrons. The molecule has 2 atom stereocenters. The van der Waals surface area contributed by atoms with Crippen molar-refractivity contribution in [3.63, 3.8) is 0 Å². The van der Waals surface area contributed by atoms with Crippen LogP contribution in [0.15, 0.2) is 33.8 Å². The van der Waals surface area contributed by atoms with Crippen molar-refractivity contribution < 1.29 is 0 Å². The van der Waals surface area contributed by atoms with E-state index in [-0.39, 0.29) is 5.66 Å². The summed E-state index contributed by atoms with van der Waals surface area (Å²) in [6.45, 7) is 6.54. The third-order valence-electron chi connectivity index (χ3n) is 4.69. The Bertz CT molecular complexity index is 523. The van der Waals surface area contributed by atoms with Crippen LogP contribution in [0.1, 0.15) is 59.3 Å². The van der Waals surface area contributed by atoms with Gasteiger partial charge in [-0.15, -0.1) is 0 Å². The number of rotatable bonds is 2. The lowest BCUT2D eigenvalue weighted by Crippen LogP contribution is -2.45. The van der Waals surface area contributed by atoms with E-state index in [0.717, 1.165) is 24.5 Å². The Morgan fingerprint density at radius 2 is 2.00 bits per heavy atom. The molecule has 3 aliphatic rings. The molecule has 1 heterocycles. The summed E-state index contributed by atoms with van der Waals surface area (Å²) < 4.78 is 0. The number of hydrogen-bond acceptors (Lipinski definition) is 3. The predicted molar refractivity (Wildman–Crippen MR) is 89.7 cm³/mol. The molecule has 0 bridgehead atoms. The van der Waals surface area contributed by atoms with Crippen LogP contribution in [0.5, 0.6) is 0 Å². The zero-order valence-electron chi connectivity index (χ0n) is 13.5. The van der Waals surface area contributed by atoms with Crippen LogP contribution in [0, 0.1) is 11.8 Å². The minimum absolute atomic E-state index is 0.338. The van der Waals surface area contributed by atoms with Crippen molar-refractivity contribution in [2.75, 3.05) is 0 Å². The fourth-order valence-corrected chi connectivity index (χ4v) is 3.51. The van der Waals surface area contributed by atoms with Crippen LogP contribution < -0.4 is 5.32 Å². The lowest BCUT2D eigenvalue weighted by atomic mass is 9.87. The largest absolute Gasteiger partial charge is 0.328 e. The van der Waals surface area contributed by atoms with E-state index in [1.54, 1.807) is 0 Å². The highest BCUT2D eigenvalue weighted by atomic mass is 15.2. The van der Waals surface area contributed by atoms with Crippen molar-refractivity contribution >= 4 is 11.7 Å². The number of nitrogens with one attached hydrogen (secondary N) is 1. The number of aliphatic imine (C=N–C) groups is 2. The van der Waals surface area contributed by atoms with Crippen molar-refractivity contribution in [1.29, 1.82) is 0 Å². The first kappa shape index (κ1) is 14.6. The molecule has 2 unspecified atom stereocenters. The molecule has 1 aliphatic heterocycles. The van der Waals surface area contributed by atoms with Gasteiger partial charge in [-0.25, -0.2) is 9.98 Å². The van der Waals surface area contributed by atoms with Gasteiger partial charge in [-0.1, -0.05) is 25.2 Å². The second-order valence-corrected chi connectivity index (χ2v) is 7.05. The molecule has 3 rings (SSSR count). The Morgan fingerprint density at radius 1 is 1.14 bits per heavy atom. The summed E-state index contributed by atoms with van der Waals surface area (Å²) >= 11 is 0. The summed E-state index contributed by atoms with van der Waals surface area (Å²) in [5, 5.41) is 3.58. The second kappa shape index (κ2) is 5.78. The summed E-state index contributed by atoms with van der Waals surface area (Å²) in [6, 6.07) is 0. The maximum Gasteiger partial charge on any atom is 0.148 e. The first-order chi connectivity index (χ1) is 10.1. The van der Waals surface area contributed by atoms with E-state index in [1.165, 1.54) is 31.3 Å². The summed E-state index contributed by atoms with van der Waals surface area (Å²) in [6.07, 6.45) is 14.2. The topological polar surface area (TPSA) is 36.8 Å². The van der Waals surface area contributed by atoms with Crippen LogP contribution in [0.3, 0.4) is 0 Å².